The van der Waals surface area contributed by atoms with E-state index in [0.29, 0.717) is 16.9 Å². The third-order valence-electron chi connectivity index (χ3n) is 4.02. The molecule has 1 heterocycles. The van der Waals surface area contributed by atoms with Crippen molar-refractivity contribution in [1.29, 1.82) is 0 Å². The molecule has 142 valence electrons. The molecule has 0 bridgehead atoms. The Kier molecular flexibility index (Phi) is 5.25. The zero-order valence-corrected chi connectivity index (χ0v) is 15.2. The van der Waals surface area contributed by atoms with Gasteiger partial charge in [0.25, 0.3) is 5.69 Å². The molecule has 0 atom stereocenters. The highest BCUT2D eigenvalue weighted by molar-refractivity contribution is 5.99. The predicted molar refractivity (Wildman–Crippen MR) is 98.5 cm³/mol. The number of ketones is 1. The number of nitro benzene ring substituents is 1. The van der Waals surface area contributed by atoms with Crippen LogP contribution in [0.1, 0.15) is 32.1 Å². The van der Waals surface area contributed by atoms with Gasteiger partial charge >= 0.3 is 5.97 Å². The number of carbonyl (C=O) groups is 2. The van der Waals surface area contributed by atoms with Gasteiger partial charge in [-0.3, -0.25) is 14.9 Å². The van der Waals surface area contributed by atoms with Crippen molar-refractivity contribution in [3.05, 3.63) is 81.2 Å². The van der Waals surface area contributed by atoms with Crippen molar-refractivity contribution < 1.29 is 19.2 Å². The third kappa shape index (κ3) is 3.93. The molecule has 1 aromatic heterocycles. The smallest absolute Gasteiger partial charge is 0.361 e. The number of aromatic nitrogens is 3. The quantitative estimate of drug-likeness (QED) is 0.279. The standard InChI is InChI=1S/C19H16N4O5/c1-12-8-9-14(10-16(12)23(26)27)17(24)11-28-19(25)18-13(2)20-22(21-18)15-6-4-3-5-7-15/h3-10H,11H2,1-2H3. The second kappa shape index (κ2) is 7.78. The number of esters is 1. The van der Waals surface area contributed by atoms with E-state index in [1.165, 1.54) is 23.0 Å². The van der Waals surface area contributed by atoms with E-state index in [1.807, 2.05) is 18.2 Å². The van der Waals surface area contributed by atoms with Crippen molar-refractivity contribution in [3.63, 3.8) is 0 Å². The van der Waals surface area contributed by atoms with Crippen LogP contribution >= 0.6 is 0 Å². The fourth-order valence-corrected chi connectivity index (χ4v) is 2.51. The molecule has 0 aliphatic heterocycles. The minimum atomic E-state index is -0.797. The van der Waals surface area contributed by atoms with Gasteiger partial charge in [-0.05, 0) is 26.0 Å². The van der Waals surface area contributed by atoms with Crippen LogP contribution in [-0.4, -0.2) is 38.3 Å². The molecule has 3 aromatic rings. The fraction of sp³-hybridized carbons (Fsp3) is 0.158. The number of aryl methyl sites for hydroxylation is 2. The minimum absolute atomic E-state index is 0.00783. The summed E-state index contributed by atoms with van der Waals surface area (Å²) in [6, 6.07) is 13.1. The summed E-state index contributed by atoms with van der Waals surface area (Å²) in [4.78, 5) is 36.2. The van der Waals surface area contributed by atoms with Crippen molar-refractivity contribution in [3.8, 4) is 5.69 Å². The normalized spacial score (nSPS) is 10.5. The Labute approximate surface area is 159 Å². The maximum Gasteiger partial charge on any atom is 0.361 e. The number of nitrogens with zero attached hydrogens (tertiary/aromatic N) is 4. The molecular weight excluding hydrogens is 364 g/mol. The highest BCUT2D eigenvalue weighted by Gasteiger charge is 2.20. The highest BCUT2D eigenvalue weighted by atomic mass is 16.6. The van der Waals surface area contributed by atoms with Crippen LogP contribution in [0, 0.1) is 24.0 Å². The Bertz CT molecular complexity index is 1060. The first kappa shape index (κ1) is 18.9. The van der Waals surface area contributed by atoms with Crippen molar-refractivity contribution in [2.75, 3.05) is 6.61 Å². The van der Waals surface area contributed by atoms with Crippen LogP contribution in [0.25, 0.3) is 5.69 Å². The minimum Gasteiger partial charge on any atom is -0.452 e. The highest BCUT2D eigenvalue weighted by Crippen LogP contribution is 2.19. The summed E-state index contributed by atoms with van der Waals surface area (Å²) < 4.78 is 5.03. The number of nitro groups is 1. The maximum absolute atomic E-state index is 12.3. The summed E-state index contributed by atoms with van der Waals surface area (Å²) in [7, 11) is 0. The van der Waals surface area contributed by atoms with Crippen molar-refractivity contribution in [2.24, 2.45) is 0 Å². The number of hydrogen-bond donors (Lipinski definition) is 0. The largest absolute Gasteiger partial charge is 0.452 e. The number of rotatable bonds is 6. The molecule has 9 nitrogen and oxygen atoms in total. The van der Waals surface area contributed by atoms with E-state index < -0.39 is 23.3 Å². The van der Waals surface area contributed by atoms with Crippen LogP contribution in [0.15, 0.2) is 48.5 Å². The van der Waals surface area contributed by atoms with Gasteiger partial charge in [0, 0.05) is 17.2 Å². The molecule has 0 fully saturated rings. The summed E-state index contributed by atoms with van der Waals surface area (Å²) >= 11 is 0. The van der Waals surface area contributed by atoms with Crippen LogP contribution < -0.4 is 0 Å². The van der Waals surface area contributed by atoms with Gasteiger partial charge in [0.15, 0.2) is 12.3 Å². The van der Waals surface area contributed by atoms with Crippen LogP contribution in [0.4, 0.5) is 5.69 Å². The molecule has 0 unspecified atom stereocenters. The SMILES string of the molecule is Cc1ccc(C(=O)COC(=O)c2nn(-c3ccccc3)nc2C)cc1[N+](=O)[O-]. The summed E-state index contributed by atoms with van der Waals surface area (Å²) in [5.41, 5.74) is 1.38. The van der Waals surface area contributed by atoms with Crippen LogP contribution in [0.5, 0.6) is 0 Å². The average Bonchev–Trinajstić information content (AvgIpc) is 3.08. The Morgan fingerprint density at radius 3 is 2.50 bits per heavy atom. The van der Waals surface area contributed by atoms with E-state index in [-0.39, 0.29) is 16.9 Å². The van der Waals surface area contributed by atoms with Crippen molar-refractivity contribution >= 4 is 17.4 Å². The number of benzene rings is 2. The van der Waals surface area contributed by atoms with E-state index in [1.54, 1.807) is 26.0 Å². The Morgan fingerprint density at radius 2 is 1.82 bits per heavy atom. The van der Waals surface area contributed by atoms with Gasteiger partial charge < -0.3 is 4.74 Å². The molecular formula is C19H16N4O5. The van der Waals surface area contributed by atoms with E-state index in [9.17, 15) is 19.7 Å². The average molecular weight is 380 g/mol. The van der Waals surface area contributed by atoms with Gasteiger partial charge in [-0.1, -0.05) is 30.3 Å². The molecule has 0 N–H and O–H groups in total. The first-order valence-electron chi connectivity index (χ1n) is 8.31. The molecule has 0 aliphatic rings. The van der Waals surface area contributed by atoms with E-state index in [4.69, 9.17) is 4.74 Å². The van der Waals surface area contributed by atoms with Gasteiger partial charge in [0.1, 0.15) is 0 Å². The first-order valence-corrected chi connectivity index (χ1v) is 8.31. The molecule has 28 heavy (non-hydrogen) atoms. The molecule has 2 aromatic carbocycles. The number of para-hydroxylation sites is 1. The van der Waals surface area contributed by atoms with E-state index in [0.717, 1.165) is 0 Å². The Hall–Kier alpha value is -3.88. The topological polar surface area (TPSA) is 117 Å². The van der Waals surface area contributed by atoms with E-state index in [2.05, 4.69) is 10.2 Å². The predicted octanol–water partition coefficient (Wildman–Crippen LogP) is 2.83. The Morgan fingerprint density at radius 1 is 1.11 bits per heavy atom. The molecule has 3 rings (SSSR count). The molecule has 0 saturated heterocycles. The molecule has 0 aliphatic carbocycles. The molecule has 0 saturated carbocycles. The summed E-state index contributed by atoms with van der Waals surface area (Å²) in [5, 5.41) is 19.3. The summed E-state index contributed by atoms with van der Waals surface area (Å²) in [5.74, 6) is -1.35. The van der Waals surface area contributed by atoms with Gasteiger partial charge in [-0.2, -0.15) is 9.90 Å². The monoisotopic (exact) mass is 380 g/mol. The first-order chi connectivity index (χ1) is 13.4. The maximum atomic E-state index is 12.3. The summed E-state index contributed by atoms with van der Waals surface area (Å²) in [6.07, 6.45) is 0. The summed E-state index contributed by atoms with van der Waals surface area (Å²) in [6.45, 7) is 2.62. The van der Waals surface area contributed by atoms with Gasteiger partial charge in [0.2, 0.25) is 5.78 Å². The zero-order chi connectivity index (χ0) is 20.3. The number of ether oxygens (including phenoxy) is 1. The zero-order valence-electron chi connectivity index (χ0n) is 15.2. The van der Waals surface area contributed by atoms with Crippen molar-refractivity contribution in [2.45, 2.75) is 13.8 Å². The Balaban J connectivity index is 1.71. The molecule has 0 radical (unpaired) electrons. The fourth-order valence-electron chi connectivity index (χ4n) is 2.51. The number of hydrogen-bond acceptors (Lipinski definition) is 7. The molecule has 0 spiro atoms. The third-order valence-corrected chi connectivity index (χ3v) is 4.02. The van der Waals surface area contributed by atoms with Crippen LogP contribution in [0.2, 0.25) is 0 Å². The van der Waals surface area contributed by atoms with Crippen molar-refractivity contribution in [1.82, 2.24) is 15.0 Å². The lowest BCUT2D eigenvalue weighted by Crippen LogP contribution is -2.16. The van der Waals surface area contributed by atoms with Crippen LogP contribution in [0.3, 0.4) is 0 Å². The van der Waals surface area contributed by atoms with E-state index >= 15 is 0 Å². The molecule has 9 heteroatoms. The second-order valence-corrected chi connectivity index (χ2v) is 6.02. The van der Waals surface area contributed by atoms with Crippen LogP contribution in [-0.2, 0) is 4.74 Å². The number of Topliss-reactive ketones (excluding diaryl/α,β-unsaturated/α-hetero) is 1. The second-order valence-electron chi connectivity index (χ2n) is 6.02. The van der Waals surface area contributed by atoms with Gasteiger partial charge in [-0.25, -0.2) is 4.79 Å². The molecule has 0 amide bonds. The lowest BCUT2D eigenvalue weighted by molar-refractivity contribution is -0.385. The number of carbonyl (C=O) groups excluding carboxylic acids is 2. The lowest BCUT2D eigenvalue weighted by Gasteiger charge is -2.04. The van der Waals surface area contributed by atoms with Gasteiger partial charge in [-0.15, -0.1) is 5.10 Å². The van der Waals surface area contributed by atoms with Gasteiger partial charge in [0.05, 0.1) is 16.3 Å². The lowest BCUT2D eigenvalue weighted by atomic mass is 10.1.